The predicted molar refractivity (Wildman–Crippen MR) is 106 cm³/mol. The zero-order valence-corrected chi connectivity index (χ0v) is 16.4. The van der Waals surface area contributed by atoms with Crippen LogP contribution in [0.1, 0.15) is 17.3 Å². The van der Waals surface area contributed by atoms with E-state index in [4.69, 9.17) is 0 Å². The Kier molecular flexibility index (Phi) is 5.40. The van der Waals surface area contributed by atoms with Crippen molar-refractivity contribution in [3.8, 4) is 11.1 Å². The van der Waals surface area contributed by atoms with Crippen molar-refractivity contribution < 1.29 is 26.7 Å². The first-order valence-electron chi connectivity index (χ1n) is 9.35. The Morgan fingerprint density at radius 1 is 1.28 bits per heavy atom. The van der Waals surface area contributed by atoms with Gasteiger partial charge in [0.1, 0.15) is 11.7 Å². The average molecular weight is 453 g/mol. The highest BCUT2D eigenvalue weighted by Gasteiger charge is 2.36. The number of fused-ring (bicyclic) bond motifs is 2. The highest BCUT2D eigenvalue weighted by molar-refractivity contribution is 6.02. The largest absolute Gasteiger partial charge is 0.408 e. The molecule has 0 bridgehead atoms. The van der Waals surface area contributed by atoms with Gasteiger partial charge in [0.2, 0.25) is 5.95 Å². The van der Waals surface area contributed by atoms with Crippen LogP contribution in [-0.2, 0) is 0 Å². The number of alkyl halides is 5. The second-order valence-electron chi connectivity index (χ2n) is 6.97. The lowest BCUT2D eigenvalue weighted by molar-refractivity contribution is -0.138. The van der Waals surface area contributed by atoms with E-state index in [1.807, 2.05) is 0 Å². The molecule has 0 aliphatic rings. The standard InChI is InChI=1S/C19H16F5N7O/c1-9(19(22,23)24)29-18-27-6-12-11(5-25-16(12)30-18)10-2-3-31-14(4-10)13(7-28-31)17(32)26-8-15(20)21/h2-7,9,15H,8H2,1H3,(H,26,32)(H2,25,27,29,30)/t9-/m1/s1. The van der Waals surface area contributed by atoms with Crippen LogP contribution in [0.25, 0.3) is 27.7 Å². The molecule has 0 saturated carbocycles. The van der Waals surface area contributed by atoms with Gasteiger partial charge in [0.25, 0.3) is 12.3 Å². The quantitative estimate of drug-likeness (QED) is 0.387. The third-order valence-corrected chi connectivity index (χ3v) is 4.76. The molecule has 4 heterocycles. The number of halogens is 5. The van der Waals surface area contributed by atoms with Crippen LogP contribution in [0.3, 0.4) is 0 Å². The lowest BCUT2D eigenvalue weighted by atomic mass is 10.1. The van der Waals surface area contributed by atoms with Crippen LogP contribution >= 0.6 is 0 Å². The molecular formula is C19H16F5N7O. The van der Waals surface area contributed by atoms with Crippen LogP contribution in [0.4, 0.5) is 27.9 Å². The van der Waals surface area contributed by atoms with E-state index in [-0.39, 0.29) is 11.5 Å². The Labute approximate surface area is 176 Å². The first-order chi connectivity index (χ1) is 15.1. The van der Waals surface area contributed by atoms with E-state index in [2.05, 4.69) is 30.7 Å². The molecule has 0 fully saturated rings. The number of H-pyrrole nitrogens is 1. The average Bonchev–Trinajstić information content (AvgIpc) is 3.34. The summed E-state index contributed by atoms with van der Waals surface area (Å²) >= 11 is 0. The van der Waals surface area contributed by atoms with Gasteiger partial charge in [-0.05, 0) is 24.6 Å². The van der Waals surface area contributed by atoms with Crippen molar-refractivity contribution in [3.63, 3.8) is 0 Å². The van der Waals surface area contributed by atoms with E-state index in [9.17, 15) is 26.7 Å². The van der Waals surface area contributed by atoms with Crippen LogP contribution in [0, 0.1) is 0 Å². The van der Waals surface area contributed by atoms with Crippen molar-refractivity contribution in [3.05, 3.63) is 42.5 Å². The molecule has 0 saturated heterocycles. The third kappa shape index (κ3) is 4.18. The number of carbonyl (C=O) groups is 1. The molecule has 168 valence electrons. The first-order valence-corrected chi connectivity index (χ1v) is 9.35. The van der Waals surface area contributed by atoms with Gasteiger partial charge in [-0.15, -0.1) is 0 Å². The fraction of sp³-hybridized carbons (Fsp3) is 0.263. The lowest BCUT2D eigenvalue weighted by Gasteiger charge is -2.16. The number of aromatic amines is 1. The fourth-order valence-electron chi connectivity index (χ4n) is 3.08. The van der Waals surface area contributed by atoms with Gasteiger partial charge in [0, 0.05) is 29.5 Å². The number of aromatic nitrogens is 5. The molecule has 13 heteroatoms. The van der Waals surface area contributed by atoms with Gasteiger partial charge < -0.3 is 15.6 Å². The van der Waals surface area contributed by atoms with Crippen molar-refractivity contribution in [2.75, 3.05) is 11.9 Å². The number of carbonyl (C=O) groups excluding carboxylic acids is 1. The molecule has 0 aliphatic heterocycles. The number of hydrogen-bond donors (Lipinski definition) is 3. The molecule has 1 atom stereocenters. The SMILES string of the molecule is C[C@@H](Nc1ncc2c(-c3ccn4ncc(C(=O)NCC(F)F)c4c3)c[nH]c2n1)C(F)(F)F. The van der Waals surface area contributed by atoms with Gasteiger partial charge in [-0.1, -0.05) is 0 Å². The maximum atomic E-state index is 12.8. The normalized spacial score (nSPS) is 13.1. The molecule has 4 rings (SSSR count). The molecular weight excluding hydrogens is 437 g/mol. The minimum Gasteiger partial charge on any atom is -0.346 e. The van der Waals surface area contributed by atoms with Crippen LogP contribution in [0.15, 0.2) is 36.9 Å². The van der Waals surface area contributed by atoms with Crippen molar-refractivity contribution in [1.82, 2.24) is 29.9 Å². The topological polar surface area (TPSA) is 100 Å². The second kappa shape index (κ2) is 8.05. The van der Waals surface area contributed by atoms with E-state index >= 15 is 0 Å². The zero-order chi connectivity index (χ0) is 23.0. The molecule has 4 aromatic heterocycles. The summed E-state index contributed by atoms with van der Waals surface area (Å²) in [6.07, 6.45) is -1.27. The predicted octanol–water partition coefficient (Wildman–Crippen LogP) is 3.63. The number of rotatable bonds is 6. The summed E-state index contributed by atoms with van der Waals surface area (Å²) in [5.41, 5.74) is 2.10. The van der Waals surface area contributed by atoms with Gasteiger partial charge in [-0.25, -0.2) is 18.3 Å². The van der Waals surface area contributed by atoms with E-state index < -0.39 is 31.1 Å². The number of nitrogens with one attached hydrogen (secondary N) is 3. The molecule has 0 unspecified atom stereocenters. The molecule has 0 radical (unpaired) electrons. The Balaban J connectivity index is 1.66. The summed E-state index contributed by atoms with van der Waals surface area (Å²) in [4.78, 5) is 23.2. The maximum absolute atomic E-state index is 12.8. The lowest BCUT2D eigenvalue weighted by Crippen LogP contribution is -2.33. The van der Waals surface area contributed by atoms with E-state index in [0.29, 0.717) is 27.7 Å². The zero-order valence-electron chi connectivity index (χ0n) is 16.4. The van der Waals surface area contributed by atoms with Crippen molar-refractivity contribution >= 4 is 28.4 Å². The number of amides is 1. The molecule has 1 amide bonds. The highest BCUT2D eigenvalue weighted by Crippen LogP contribution is 2.30. The van der Waals surface area contributed by atoms with Crippen LogP contribution in [-0.4, -0.2) is 55.7 Å². The fourth-order valence-corrected chi connectivity index (χ4v) is 3.08. The second-order valence-corrected chi connectivity index (χ2v) is 6.97. The Morgan fingerprint density at radius 2 is 2.06 bits per heavy atom. The van der Waals surface area contributed by atoms with Gasteiger partial charge in [0.15, 0.2) is 0 Å². The maximum Gasteiger partial charge on any atom is 0.408 e. The van der Waals surface area contributed by atoms with Gasteiger partial charge >= 0.3 is 6.18 Å². The first kappa shape index (κ1) is 21.5. The van der Waals surface area contributed by atoms with E-state index in [1.165, 1.54) is 16.9 Å². The van der Waals surface area contributed by atoms with Crippen LogP contribution in [0.2, 0.25) is 0 Å². The molecule has 32 heavy (non-hydrogen) atoms. The summed E-state index contributed by atoms with van der Waals surface area (Å²) in [6.45, 7) is 0.183. The third-order valence-electron chi connectivity index (χ3n) is 4.76. The summed E-state index contributed by atoms with van der Waals surface area (Å²) in [5.74, 6) is -0.867. The van der Waals surface area contributed by atoms with Gasteiger partial charge in [-0.3, -0.25) is 4.79 Å². The molecule has 0 spiro atoms. The Bertz CT molecular complexity index is 1280. The van der Waals surface area contributed by atoms with Crippen LogP contribution < -0.4 is 10.6 Å². The Morgan fingerprint density at radius 3 is 2.78 bits per heavy atom. The summed E-state index contributed by atoms with van der Waals surface area (Å²) in [5, 5.41) is 8.93. The smallest absolute Gasteiger partial charge is 0.346 e. The molecule has 0 aromatic carbocycles. The van der Waals surface area contributed by atoms with Crippen LogP contribution in [0.5, 0.6) is 0 Å². The molecule has 3 N–H and O–H groups in total. The molecule has 4 aromatic rings. The minimum absolute atomic E-state index is 0.121. The number of pyridine rings is 1. The molecule has 8 nitrogen and oxygen atoms in total. The summed E-state index contributed by atoms with van der Waals surface area (Å²) in [6, 6.07) is 1.53. The van der Waals surface area contributed by atoms with Crippen molar-refractivity contribution in [2.24, 2.45) is 0 Å². The molecule has 0 aliphatic carbocycles. The minimum atomic E-state index is -4.45. The number of nitrogens with zero attached hydrogens (tertiary/aromatic N) is 4. The van der Waals surface area contributed by atoms with E-state index in [0.717, 1.165) is 6.92 Å². The van der Waals surface area contributed by atoms with Crippen molar-refractivity contribution in [1.29, 1.82) is 0 Å². The number of hydrogen-bond acceptors (Lipinski definition) is 5. The monoisotopic (exact) mass is 453 g/mol. The Hall–Kier alpha value is -3.77. The van der Waals surface area contributed by atoms with Gasteiger partial charge in [0.05, 0.1) is 23.8 Å². The van der Waals surface area contributed by atoms with Gasteiger partial charge in [-0.2, -0.15) is 23.3 Å². The number of anilines is 1. The van der Waals surface area contributed by atoms with Crippen molar-refractivity contribution in [2.45, 2.75) is 25.6 Å². The summed E-state index contributed by atoms with van der Waals surface area (Å²) < 4.78 is 64.5. The van der Waals surface area contributed by atoms with E-state index in [1.54, 1.807) is 24.5 Å². The summed E-state index contributed by atoms with van der Waals surface area (Å²) in [7, 11) is 0. The highest BCUT2D eigenvalue weighted by atomic mass is 19.4.